The lowest BCUT2D eigenvalue weighted by atomic mass is 9.96. The van der Waals surface area contributed by atoms with Crippen LogP contribution in [-0.4, -0.2) is 17.3 Å². The minimum Gasteiger partial charge on any atom is -0.491 e. The van der Waals surface area contributed by atoms with Crippen LogP contribution in [0.25, 0.3) is 0 Å². The van der Waals surface area contributed by atoms with Gasteiger partial charge in [0.25, 0.3) is 0 Å². The van der Waals surface area contributed by atoms with Crippen LogP contribution in [0, 0.1) is 0 Å². The van der Waals surface area contributed by atoms with Crippen molar-refractivity contribution in [3.8, 4) is 5.75 Å². The van der Waals surface area contributed by atoms with Crippen molar-refractivity contribution in [1.82, 2.24) is 0 Å². The molecule has 0 amide bonds. The Labute approximate surface area is 91.9 Å². The van der Waals surface area contributed by atoms with Crippen molar-refractivity contribution in [2.75, 3.05) is 0 Å². The fraction of sp³-hybridized carbons (Fsp3) is 0.538. The molecule has 1 rings (SSSR count). The van der Waals surface area contributed by atoms with Crippen molar-refractivity contribution in [1.29, 1.82) is 0 Å². The van der Waals surface area contributed by atoms with Crippen LogP contribution in [0.2, 0.25) is 0 Å². The quantitative estimate of drug-likeness (QED) is 0.824. The molecule has 2 heteroatoms. The van der Waals surface area contributed by atoms with Crippen LogP contribution in [-0.2, 0) is 0 Å². The summed E-state index contributed by atoms with van der Waals surface area (Å²) < 4.78 is 5.60. The molecule has 0 radical (unpaired) electrons. The summed E-state index contributed by atoms with van der Waals surface area (Å²) in [5.74, 6) is 1.01. The van der Waals surface area contributed by atoms with Gasteiger partial charge in [-0.05, 0) is 38.5 Å². The van der Waals surface area contributed by atoms with E-state index in [1.165, 1.54) is 0 Å². The number of hydrogen-bond acceptors (Lipinski definition) is 2. The maximum atomic E-state index is 9.51. The molecule has 0 saturated carbocycles. The lowest BCUT2D eigenvalue weighted by Gasteiger charge is -2.17. The molecule has 1 N–H and O–H groups in total. The van der Waals surface area contributed by atoms with Crippen molar-refractivity contribution >= 4 is 0 Å². The fourth-order valence-corrected chi connectivity index (χ4v) is 1.42. The predicted molar refractivity (Wildman–Crippen MR) is 62.3 cm³/mol. The third-order valence-corrected chi connectivity index (χ3v) is 2.48. The third-order valence-electron chi connectivity index (χ3n) is 2.48. The van der Waals surface area contributed by atoms with Gasteiger partial charge in [-0.1, -0.05) is 19.1 Å². The Balaban J connectivity index is 2.82. The van der Waals surface area contributed by atoms with Crippen LogP contribution in [0.1, 0.15) is 39.2 Å². The van der Waals surface area contributed by atoms with Crippen LogP contribution in [0.3, 0.4) is 0 Å². The fourth-order valence-electron chi connectivity index (χ4n) is 1.42. The Hall–Kier alpha value is -1.02. The van der Waals surface area contributed by atoms with Gasteiger partial charge >= 0.3 is 0 Å². The van der Waals surface area contributed by atoms with Crippen molar-refractivity contribution in [2.45, 2.75) is 45.8 Å². The number of aliphatic hydroxyl groups excluding tert-OH is 1. The number of rotatable bonds is 4. The third kappa shape index (κ3) is 3.56. The Kier molecular flexibility index (Phi) is 4.15. The van der Waals surface area contributed by atoms with Crippen LogP contribution >= 0.6 is 0 Å². The highest BCUT2D eigenvalue weighted by molar-refractivity contribution is 5.31. The molecule has 0 saturated heterocycles. The SMILES string of the molecule is CC(C)Oc1cccc(C(C)C(C)O)c1. The standard InChI is InChI=1S/C13H20O2/c1-9(2)15-13-7-5-6-12(8-13)10(3)11(4)14/h5-11,14H,1-4H3. The summed E-state index contributed by atoms with van der Waals surface area (Å²) in [6.45, 7) is 7.83. The van der Waals surface area contributed by atoms with E-state index in [4.69, 9.17) is 4.74 Å². The molecule has 2 unspecified atom stereocenters. The summed E-state index contributed by atoms with van der Waals surface area (Å²) in [5.41, 5.74) is 1.11. The minimum atomic E-state index is -0.334. The van der Waals surface area contributed by atoms with E-state index in [1.54, 1.807) is 6.92 Å². The highest BCUT2D eigenvalue weighted by Crippen LogP contribution is 2.23. The van der Waals surface area contributed by atoms with E-state index >= 15 is 0 Å². The highest BCUT2D eigenvalue weighted by Gasteiger charge is 2.12. The largest absolute Gasteiger partial charge is 0.491 e. The molecule has 0 aliphatic heterocycles. The summed E-state index contributed by atoms with van der Waals surface area (Å²) in [4.78, 5) is 0. The van der Waals surface area contributed by atoms with E-state index in [0.29, 0.717) is 0 Å². The zero-order valence-corrected chi connectivity index (χ0v) is 9.90. The van der Waals surface area contributed by atoms with Gasteiger partial charge in [-0.25, -0.2) is 0 Å². The molecule has 0 fully saturated rings. The first-order valence-electron chi connectivity index (χ1n) is 5.45. The number of hydrogen-bond donors (Lipinski definition) is 1. The second-order valence-electron chi connectivity index (χ2n) is 4.27. The molecule has 0 bridgehead atoms. The molecule has 1 aromatic rings. The second kappa shape index (κ2) is 5.17. The minimum absolute atomic E-state index is 0.140. The van der Waals surface area contributed by atoms with Crippen LogP contribution in [0.4, 0.5) is 0 Å². The normalized spacial score (nSPS) is 15.1. The Bertz CT molecular complexity index is 305. The van der Waals surface area contributed by atoms with Gasteiger partial charge in [-0.2, -0.15) is 0 Å². The molecule has 0 heterocycles. The lowest BCUT2D eigenvalue weighted by molar-refractivity contribution is 0.168. The number of aliphatic hydroxyl groups is 1. The molecule has 2 nitrogen and oxygen atoms in total. The highest BCUT2D eigenvalue weighted by atomic mass is 16.5. The molecule has 0 spiro atoms. The molecule has 0 aromatic heterocycles. The number of benzene rings is 1. The first kappa shape index (κ1) is 12.1. The van der Waals surface area contributed by atoms with Crippen molar-refractivity contribution < 1.29 is 9.84 Å². The monoisotopic (exact) mass is 208 g/mol. The zero-order valence-electron chi connectivity index (χ0n) is 9.90. The summed E-state index contributed by atoms with van der Waals surface area (Å²) in [7, 11) is 0. The summed E-state index contributed by atoms with van der Waals surface area (Å²) in [6.07, 6.45) is -0.151. The van der Waals surface area contributed by atoms with E-state index in [-0.39, 0.29) is 18.1 Å². The predicted octanol–water partition coefficient (Wildman–Crippen LogP) is 2.96. The van der Waals surface area contributed by atoms with E-state index in [2.05, 4.69) is 0 Å². The van der Waals surface area contributed by atoms with Gasteiger partial charge in [0, 0.05) is 5.92 Å². The van der Waals surface area contributed by atoms with E-state index < -0.39 is 0 Å². The average Bonchev–Trinajstić information content (AvgIpc) is 2.16. The molecule has 0 aliphatic carbocycles. The average molecular weight is 208 g/mol. The summed E-state index contributed by atoms with van der Waals surface area (Å²) in [6, 6.07) is 7.92. The van der Waals surface area contributed by atoms with Gasteiger partial charge in [0.1, 0.15) is 5.75 Å². The van der Waals surface area contributed by atoms with Crippen molar-refractivity contribution in [3.63, 3.8) is 0 Å². The molecule has 0 aliphatic rings. The summed E-state index contributed by atoms with van der Waals surface area (Å²) in [5, 5.41) is 9.51. The Morgan fingerprint density at radius 1 is 1.13 bits per heavy atom. The molecule has 84 valence electrons. The first-order valence-corrected chi connectivity index (χ1v) is 5.45. The van der Waals surface area contributed by atoms with Gasteiger partial charge in [0.15, 0.2) is 0 Å². The maximum Gasteiger partial charge on any atom is 0.119 e. The summed E-state index contributed by atoms with van der Waals surface area (Å²) >= 11 is 0. The van der Waals surface area contributed by atoms with Crippen LogP contribution < -0.4 is 4.74 Å². The molecule has 2 atom stereocenters. The van der Waals surface area contributed by atoms with E-state index in [1.807, 2.05) is 45.0 Å². The second-order valence-corrected chi connectivity index (χ2v) is 4.27. The van der Waals surface area contributed by atoms with Gasteiger partial charge in [0.2, 0.25) is 0 Å². The van der Waals surface area contributed by atoms with E-state index in [9.17, 15) is 5.11 Å². The lowest BCUT2D eigenvalue weighted by Crippen LogP contribution is -2.11. The Morgan fingerprint density at radius 2 is 1.80 bits per heavy atom. The van der Waals surface area contributed by atoms with E-state index in [0.717, 1.165) is 11.3 Å². The molecular weight excluding hydrogens is 188 g/mol. The Morgan fingerprint density at radius 3 is 2.33 bits per heavy atom. The van der Waals surface area contributed by atoms with Gasteiger partial charge in [0.05, 0.1) is 12.2 Å². The molecular formula is C13H20O2. The zero-order chi connectivity index (χ0) is 11.4. The van der Waals surface area contributed by atoms with Gasteiger partial charge in [-0.15, -0.1) is 0 Å². The molecule has 15 heavy (non-hydrogen) atoms. The molecule has 1 aromatic carbocycles. The maximum absolute atomic E-state index is 9.51. The van der Waals surface area contributed by atoms with Crippen molar-refractivity contribution in [2.24, 2.45) is 0 Å². The van der Waals surface area contributed by atoms with Crippen LogP contribution in [0.5, 0.6) is 5.75 Å². The smallest absolute Gasteiger partial charge is 0.119 e. The van der Waals surface area contributed by atoms with Gasteiger partial charge < -0.3 is 9.84 Å². The van der Waals surface area contributed by atoms with Crippen molar-refractivity contribution in [3.05, 3.63) is 29.8 Å². The van der Waals surface area contributed by atoms with Gasteiger partial charge in [-0.3, -0.25) is 0 Å². The topological polar surface area (TPSA) is 29.5 Å². The number of ether oxygens (including phenoxy) is 1. The first-order chi connectivity index (χ1) is 7.00. The van der Waals surface area contributed by atoms with Crippen LogP contribution in [0.15, 0.2) is 24.3 Å².